The zero-order valence-corrected chi connectivity index (χ0v) is 10.3. The number of aryl methyl sites for hydroxylation is 1. The van der Waals surface area contributed by atoms with Gasteiger partial charge in [-0.05, 0) is 13.0 Å². The molecule has 0 atom stereocenters. The lowest BCUT2D eigenvalue weighted by Gasteiger charge is -1.99. The van der Waals surface area contributed by atoms with Crippen molar-refractivity contribution in [2.24, 2.45) is 0 Å². The summed E-state index contributed by atoms with van der Waals surface area (Å²) >= 11 is 6.91. The average molecular weight is 256 g/mol. The molecule has 0 unspecified atom stereocenters. The molecule has 16 heavy (non-hydrogen) atoms. The topological polar surface area (TPSA) is 47.8 Å². The lowest BCUT2D eigenvalue weighted by Crippen LogP contribution is -2.01. The molecule has 2 aromatic rings. The standard InChI is InChI=1S/C10H10ClN3OS/c1-2-14-8(3-4-12-14)10-13-7(6-16-10)9(15)5-11/h3-4,6H,2,5H2,1H3. The number of hydrogen-bond acceptors (Lipinski definition) is 4. The quantitative estimate of drug-likeness (QED) is 0.623. The number of aromatic nitrogens is 3. The molecule has 4 nitrogen and oxygen atoms in total. The third-order valence-corrected chi connectivity index (χ3v) is 3.25. The molecule has 0 N–H and O–H groups in total. The molecule has 2 rings (SSSR count). The maximum atomic E-state index is 11.3. The van der Waals surface area contributed by atoms with Crippen LogP contribution in [0, 0.1) is 0 Å². The van der Waals surface area contributed by atoms with Crippen molar-refractivity contribution in [3.05, 3.63) is 23.3 Å². The number of nitrogens with zero attached hydrogens (tertiary/aromatic N) is 3. The molecule has 6 heteroatoms. The summed E-state index contributed by atoms with van der Waals surface area (Å²) in [6, 6.07) is 1.89. The van der Waals surface area contributed by atoms with Crippen molar-refractivity contribution >= 4 is 28.7 Å². The summed E-state index contributed by atoms with van der Waals surface area (Å²) in [7, 11) is 0. The molecule has 0 amide bonds. The monoisotopic (exact) mass is 255 g/mol. The van der Waals surface area contributed by atoms with Gasteiger partial charge in [0.15, 0.2) is 5.78 Å². The second-order valence-electron chi connectivity index (χ2n) is 3.13. The Kier molecular flexibility index (Phi) is 3.36. The van der Waals surface area contributed by atoms with Crippen LogP contribution in [-0.4, -0.2) is 26.4 Å². The molecule has 2 heterocycles. The van der Waals surface area contributed by atoms with Gasteiger partial charge in [-0.1, -0.05) is 0 Å². The predicted molar refractivity (Wildman–Crippen MR) is 64.1 cm³/mol. The molecule has 0 aromatic carbocycles. The Morgan fingerprint density at radius 3 is 3.12 bits per heavy atom. The summed E-state index contributed by atoms with van der Waals surface area (Å²) < 4.78 is 1.84. The summed E-state index contributed by atoms with van der Waals surface area (Å²) in [5.74, 6) is -0.178. The highest BCUT2D eigenvalue weighted by molar-refractivity contribution is 7.13. The van der Waals surface area contributed by atoms with Gasteiger partial charge >= 0.3 is 0 Å². The minimum Gasteiger partial charge on any atom is -0.291 e. The van der Waals surface area contributed by atoms with Crippen molar-refractivity contribution in [3.8, 4) is 10.7 Å². The highest BCUT2D eigenvalue weighted by atomic mass is 35.5. The molecular weight excluding hydrogens is 246 g/mol. The van der Waals surface area contributed by atoms with Gasteiger partial charge in [0, 0.05) is 18.1 Å². The maximum Gasteiger partial charge on any atom is 0.196 e. The average Bonchev–Trinajstić information content (AvgIpc) is 2.95. The fraction of sp³-hybridized carbons (Fsp3) is 0.300. The molecule has 0 radical (unpaired) electrons. The fourth-order valence-corrected chi connectivity index (χ4v) is 2.34. The van der Waals surface area contributed by atoms with Gasteiger partial charge in [0.05, 0.1) is 11.6 Å². The molecule has 0 saturated heterocycles. The Hall–Kier alpha value is -1.20. The van der Waals surface area contributed by atoms with Crippen molar-refractivity contribution in [1.29, 1.82) is 0 Å². The van der Waals surface area contributed by atoms with E-state index < -0.39 is 0 Å². The number of ketones is 1. The summed E-state index contributed by atoms with van der Waals surface area (Å²) in [6.07, 6.45) is 1.73. The first-order chi connectivity index (χ1) is 7.76. The van der Waals surface area contributed by atoms with Crippen LogP contribution in [0.2, 0.25) is 0 Å². The predicted octanol–water partition coefficient (Wildman–Crippen LogP) is 2.45. The minimum absolute atomic E-state index is 0.0315. The van der Waals surface area contributed by atoms with Gasteiger partial charge in [0.1, 0.15) is 10.7 Å². The van der Waals surface area contributed by atoms with Gasteiger partial charge in [-0.2, -0.15) is 5.10 Å². The van der Waals surface area contributed by atoms with Crippen LogP contribution in [0.4, 0.5) is 0 Å². The molecule has 0 spiro atoms. The molecule has 84 valence electrons. The van der Waals surface area contributed by atoms with Crippen molar-refractivity contribution in [2.45, 2.75) is 13.5 Å². The first-order valence-electron chi connectivity index (χ1n) is 4.83. The van der Waals surface area contributed by atoms with Crippen LogP contribution in [0.5, 0.6) is 0 Å². The molecule has 0 aliphatic carbocycles. The first-order valence-corrected chi connectivity index (χ1v) is 6.24. The van der Waals surface area contributed by atoms with E-state index in [0.29, 0.717) is 5.69 Å². The number of carbonyl (C=O) groups is 1. The Balaban J connectivity index is 2.35. The van der Waals surface area contributed by atoms with E-state index in [1.165, 1.54) is 11.3 Å². The van der Waals surface area contributed by atoms with Gasteiger partial charge in [-0.25, -0.2) is 4.98 Å². The van der Waals surface area contributed by atoms with Crippen LogP contribution in [0.3, 0.4) is 0 Å². The van der Waals surface area contributed by atoms with Crippen molar-refractivity contribution in [3.63, 3.8) is 0 Å². The molecule has 0 aliphatic heterocycles. The normalized spacial score (nSPS) is 10.6. The smallest absolute Gasteiger partial charge is 0.196 e. The first kappa shape index (κ1) is 11.3. The van der Waals surface area contributed by atoms with Gasteiger partial charge in [-0.15, -0.1) is 22.9 Å². The van der Waals surface area contributed by atoms with Gasteiger partial charge in [0.2, 0.25) is 0 Å². The van der Waals surface area contributed by atoms with E-state index in [1.54, 1.807) is 11.6 Å². The lowest BCUT2D eigenvalue weighted by atomic mass is 10.3. The van der Waals surface area contributed by atoms with E-state index in [2.05, 4.69) is 10.1 Å². The van der Waals surface area contributed by atoms with Gasteiger partial charge < -0.3 is 0 Å². The number of alkyl halides is 1. The zero-order chi connectivity index (χ0) is 11.5. The van der Waals surface area contributed by atoms with E-state index in [4.69, 9.17) is 11.6 Å². The van der Waals surface area contributed by atoms with E-state index in [9.17, 15) is 4.79 Å². The Bertz CT molecular complexity index is 506. The fourth-order valence-electron chi connectivity index (χ4n) is 1.35. The largest absolute Gasteiger partial charge is 0.291 e. The Morgan fingerprint density at radius 2 is 2.44 bits per heavy atom. The van der Waals surface area contributed by atoms with Crippen LogP contribution >= 0.6 is 22.9 Å². The number of hydrogen-bond donors (Lipinski definition) is 0. The molecular formula is C10H10ClN3OS. The minimum atomic E-state index is -0.147. The lowest BCUT2D eigenvalue weighted by molar-refractivity contribution is 0.101. The second-order valence-corrected chi connectivity index (χ2v) is 4.25. The van der Waals surface area contributed by atoms with Gasteiger partial charge in [-0.3, -0.25) is 9.48 Å². The maximum absolute atomic E-state index is 11.3. The van der Waals surface area contributed by atoms with E-state index >= 15 is 0 Å². The third kappa shape index (κ3) is 2.01. The number of halogens is 1. The SMILES string of the molecule is CCn1nccc1-c1nc(C(=O)CCl)cs1. The molecule has 0 bridgehead atoms. The van der Waals surface area contributed by atoms with Crippen LogP contribution in [0.25, 0.3) is 10.7 Å². The summed E-state index contributed by atoms with van der Waals surface area (Å²) in [6.45, 7) is 2.79. The highest BCUT2D eigenvalue weighted by Gasteiger charge is 2.13. The van der Waals surface area contributed by atoms with Crippen LogP contribution in [0.15, 0.2) is 17.6 Å². The van der Waals surface area contributed by atoms with Crippen molar-refractivity contribution in [1.82, 2.24) is 14.8 Å². The number of carbonyl (C=O) groups excluding carboxylic acids is 1. The highest BCUT2D eigenvalue weighted by Crippen LogP contribution is 2.23. The van der Waals surface area contributed by atoms with Gasteiger partial charge in [0.25, 0.3) is 0 Å². The zero-order valence-electron chi connectivity index (χ0n) is 8.68. The third-order valence-electron chi connectivity index (χ3n) is 2.15. The molecule has 0 fully saturated rings. The summed E-state index contributed by atoms with van der Waals surface area (Å²) in [5, 5.41) is 6.69. The van der Waals surface area contributed by atoms with Crippen LogP contribution < -0.4 is 0 Å². The second kappa shape index (κ2) is 4.76. The number of thiazole rings is 1. The van der Waals surface area contributed by atoms with Crippen molar-refractivity contribution < 1.29 is 4.79 Å². The summed E-state index contributed by atoms with van der Waals surface area (Å²) in [4.78, 5) is 15.6. The number of Topliss-reactive ketones (excluding diaryl/α,β-unsaturated/α-hetero) is 1. The van der Waals surface area contributed by atoms with Crippen LogP contribution in [0.1, 0.15) is 17.4 Å². The Labute approximate surface area is 102 Å². The van der Waals surface area contributed by atoms with Crippen molar-refractivity contribution in [2.75, 3.05) is 5.88 Å². The molecule has 0 saturated carbocycles. The van der Waals surface area contributed by atoms with Crippen LogP contribution in [-0.2, 0) is 6.54 Å². The van der Waals surface area contributed by atoms with E-state index in [1.807, 2.05) is 17.7 Å². The molecule has 2 aromatic heterocycles. The Morgan fingerprint density at radius 1 is 1.62 bits per heavy atom. The van der Waals surface area contributed by atoms with E-state index in [0.717, 1.165) is 17.2 Å². The summed E-state index contributed by atoms with van der Waals surface area (Å²) in [5.41, 5.74) is 1.36. The molecule has 0 aliphatic rings. The number of rotatable bonds is 4. The van der Waals surface area contributed by atoms with E-state index in [-0.39, 0.29) is 11.7 Å².